The number of hydrogen-bond donors (Lipinski definition) is 1. The molecule has 0 spiro atoms. The number of aliphatic carboxylic acids is 1. The van der Waals surface area contributed by atoms with Gasteiger partial charge in [0, 0.05) is 17.5 Å². The van der Waals surface area contributed by atoms with Crippen LogP contribution in [0.2, 0.25) is 0 Å². The van der Waals surface area contributed by atoms with E-state index in [4.69, 9.17) is 5.11 Å². The highest BCUT2D eigenvalue weighted by Gasteiger charge is 2.37. The summed E-state index contributed by atoms with van der Waals surface area (Å²) in [5.74, 6) is -4.28. The molecule has 0 aliphatic rings. The molecular formula is C19H17F5O2. The van der Waals surface area contributed by atoms with Crippen LogP contribution in [0, 0.1) is 32.4 Å². The average Bonchev–Trinajstić information content (AvgIpc) is 2.46. The molecule has 1 N–H and O–H groups in total. The molecule has 0 saturated heterocycles. The van der Waals surface area contributed by atoms with E-state index in [-0.39, 0.29) is 11.1 Å². The summed E-state index contributed by atoms with van der Waals surface area (Å²) < 4.78 is 68.9. The molecule has 0 unspecified atom stereocenters. The maximum Gasteiger partial charge on any atom is 0.419 e. The van der Waals surface area contributed by atoms with Crippen molar-refractivity contribution in [3.63, 3.8) is 0 Å². The highest BCUT2D eigenvalue weighted by molar-refractivity contribution is 5.74. The van der Waals surface area contributed by atoms with Crippen LogP contribution >= 0.6 is 0 Å². The number of benzene rings is 2. The molecule has 0 radical (unpaired) electrons. The van der Waals surface area contributed by atoms with Crippen LogP contribution in [0.25, 0.3) is 11.1 Å². The Morgan fingerprint density at radius 1 is 1.00 bits per heavy atom. The van der Waals surface area contributed by atoms with Crippen molar-refractivity contribution >= 4 is 5.97 Å². The quantitative estimate of drug-likeness (QED) is 0.710. The molecule has 2 nitrogen and oxygen atoms in total. The van der Waals surface area contributed by atoms with Gasteiger partial charge in [0.2, 0.25) is 0 Å². The molecule has 0 atom stereocenters. The van der Waals surface area contributed by atoms with Gasteiger partial charge in [0.1, 0.15) is 11.6 Å². The zero-order valence-electron chi connectivity index (χ0n) is 14.4. The number of carboxylic acids is 1. The summed E-state index contributed by atoms with van der Waals surface area (Å²) in [5.41, 5.74) is -0.654. The van der Waals surface area contributed by atoms with Gasteiger partial charge in [0.15, 0.2) is 0 Å². The summed E-state index contributed by atoms with van der Waals surface area (Å²) >= 11 is 0. The van der Waals surface area contributed by atoms with Crippen molar-refractivity contribution in [3.05, 3.63) is 57.7 Å². The topological polar surface area (TPSA) is 37.3 Å². The molecule has 26 heavy (non-hydrogen) atoms. The molecule has 0 heterocycles. The Bertz CT molecular complexity index is 846. The number of hydrogen-bond acceptors (Lipinski definition) is 1. The first-order valence-electron chi connectivity index (χ1n) is 7.81. The lowest BCUT2D eigenvalue weighted by molar-refractivity contribution is -0.140. The molecule has 140 valence electrons. The predicted molar refractivity (Wildman–Crippen MR) is 87.0 cm³/mol. The highest BCUT2D eigenvalue weighted by Crippen LogP contribution is 2.40. The van der Waals surface area contributed by atoms with Gasteiger partial charge in [-0.1, -0.05) is 17.7 Å². The third-order valence-corrected chi connectivity index (χ3v) is 4.13. The average molecular weight is 372 g/mol. The van der Waals surface area contributed by atoms with Gasteiger partial charge >= 0.3 is 12.1 Å². The summed E-state index contributed by atoms with van der Waals surface area (Å²) in [5, 5.41) is 8.72. The highest BCUT2D eigenvalue weighted by atomic mass is 19.4. The largest absolute Gasteiger partial charge is 0.481 e. The molecule has 0 aliphatic heterocycles. The number of rotatable bonds is 4. The van der Waals surface area contributed by atoms with E-state index in [9.17, 15) is 26.7 Å². The van der Waals surface area contributed by atoms with Crippen molar-refractivity contribution in [1.82, 2.24) is 0 Å². The number of alkyl halides is 3. The van der Waals surface area contributed by atoms with E-state index in [1.165, 1.54) is 0 Å². The Hall–Kier alpha value is -2.44. The zero-order chi connectivity index (χ0) is 19.8. The van der Waals surface area contributed by atoms with Crippen molar-refractivity contribution in [2.75, 3.05) is 0 Å². The SMILES string of the molecule is Cc1cc(C)c(-c2cc(C(F)(F)F)c(F)c(CCC(=O)O)c2F)c(C)c1. The van der Waals surface area contributed by atoms with E-state index in [0.29, 0.717) is 17.2 Å². The first-order valence-corrected chi connectivity index (χ1v) is 7.81. The van der Waals surface area contributed by atoms with E-state index in [2.05, 4.69) is 0 Å². The fourth-order valence-electron chi connectivity index (χ4n) is 3.14. The van der Waals surface area contributed by atoms with Gasteiger partial charge in [-0.3, -0.25) is 4.79 Å². The second-order valence-corrected chi connectivity index (χ2v) is 6.24. The smallest absolute Gasteiger partial charge is 0.419 e. The minimum Gasteiger partial charge on any atom is -0.481 e. The third-order valence-electron chi connectivity index (χ3n) is 4.13. The van der Waals surface area contributed by atoms with Crippen LogP contribution < -0.4 is 0 Å². The normalized spacial score (nSPS) is 11.7. The van der Waals surface area contributed by atoms with E-state index in [1.807, 2.05) is 0 Å². The van der Waals surface area contributed by atoms with E-state index >= 15 is 0 Å². The summed E-state index contributed by atoms with van der Waals surface area (Å²) in [6.07, 6.45) is -6.38. The van der Waals surface area contributed by atoms with E-state index in [1.54, 1.807) is 32.9 Å². The summed E-state index contributed by atoms with van der Waals surface area (Å²) in [4.78, 5) is 10.7. The van der Waals surface area contributed by atoms with E-state index < -0.39 is 47.7 Å². The monoisotopic (exact) mass is 372 g/mol. The Kier molecular flexibility index (Phi) is 5.39. The molecule has 0 aliphatic carbocycles. The predicted octanol–water partition coefficient (Wildman–Crippen LogP) is 5.59. The second-order valence-electron chi connectivity index (χ2n) is 6.24. The minimum atomic E-state index is -5.03. The Morgan fingerprint density at radius 2 is 1.54 bits per heavy atom. The molecule has 0 saturated carbocycles. The fourth-order valence-corrected chi connectivity index (χ4v) is 3.14. The second kappa shape index (κ2) is 7.05. The lowest BCUT2D eigenvalue weighted by atomic mass is 9.89. The molecule has 0 amide bonds. The van der Waals surface area contributed by atoms with Gasteiger partial charge in [0.05, 0.1) is 5.56 Å². The molecule has 7 heteroatoms. The van der Waals surface area contributed by atoms with Crippen molar-refractivity contribution in [1.29, 1.82) is 0 Å². The standard InChI is InChI=1S/C19H17F5O2/c1-9-6-10(2)16(11(3)7-9)13-8-14(19(22,23)24)18(21)12(17(13)20)4-5-15(25)26/h6-8H,4-5H2,1-3H3,(H,25,26). The Balaban J connectivity index is 2.82. The van der Waals surface area contributed by atoms with Gasteiger partial charge in [-0.2, -0.15) is 13.2 Å². The van der Waals surface area contributed by atoms with Crippen molar-refractivity contribution in [3.8, 4) is 11.1 Å². The van der Waals surface area contributed by atoms with E-state index in [0.717, 1.165) is 5.56 Å². The first-order chi connectivity index (χ1) is 11.9. The van der Waals surface area contributed by atoms with Crippen LogP contribution in [0.5, 0.6) is 0 Å². The molecule has 0 fully saturated rings. The molecule has 2 aromatic carbocycles. The summed E-state index contributed by atoms with van der Waals surface area (Å²) in [6, 6.07) is 3.84. The van der Waals surface area contributed by atoms with Crippen molar-refractivity contribution in [2.45, 2.75) is 39.8 Å². The minimum absolute atomic E-state index is 0.246. The fraction of sp³-hybridized carbons (Fsp3) is 0.316. The van der Waals surface area contributed by atoms with Gasteiger partial charge in [-0.25, -0.2) is 8.78 Å². The number of carbonyl (C=O) groups is 1. The van der Waals surface area contributed by atoms with Crippen molar-refractivity contribution in [2.24, 2.45) is 0 Å². The molecule has 2 rings (SSSR count). The van der Waals surface area contributed by atoms with Gasteiger partial charge in [-0.15, -0.1) is 0 Å². The van der Waals surface area contributed by atoms with Crippen LogP contribution in [0.1, 0.15) is 34.2 Å². The molecular weight excluding hydrogens is 355 g/mol. The zero-order valence-corrected chi connectivity index (χ0v) is 14.4. The van der Waals surface area contributed by atoms with Gasteiger partial charge < -0.3 is 5.11 Å². The summed E-state index contributed by atoms with van der Waals surface area (Å²) in [6.45, 7) is 5.05. The van der Waals surface area contributed by atoms with Crippen molar-refractivity contribution < 1.29 is 31.9 Å². The molecule has 0 aromatic heterocycles. The maximum absolute atomic E-state index is 14.9. The van der Waals surface area contributed by atoms with Crippen LogP contribution in [-0.2, 0) is 17.4 Å². The third kappa shape index (κ3) is 3.86. The number of aryl methyl sites for hydroxylation is 3. The number of halogens is 5. The molecule has 0 bridgehead atoms. The van der Waals surface area contributed by atoms with Crippen LogP contribution in [0.4, 0.5) is 22.0 Å². The maximum atomic E-state index is 14.9. The lowest BCUT2D eigenvalue weighted by Crippen LogP contribution is -2.14. The lowest BCUT2D eigenvalue weighted by Gasteiger charge is -2.18. The van der Waals surface area contributed by atoms with Gasteiger partial charge in [0.25, 0.3) is 0 Å². The van der Waals surface area contributed by atoms with Crippen LogP contribution in [0.3, 0.4) is 0 Å². The first kappa shape index (κ1) is 19.9. The van der Waals surface area contributed by atoms with Crippen LogP contribution in [-0.4, -0.2) is 11.1 Å². The van der Waals surface area contributed by atoms with Gasteiger partial charge in [-0.05, 0) is 49.9 Å². The Morgan fingerprint density at radius 3 is 2.00 bits per heavy atom. The van der Waals surface area contributed by atoms with Crippen LogP contribution in [0.15, 0.2) is 18.2 Å². The Labute approximate surface area is 147 Å². The number of carboxylic acid groups (broad SMARTS) is 1. The summed E-state index contributed by atoms with van der Waals surface area (Å²) in [7, 11) is 0. The molecule has 2 aromatic rings.